The number of halogens is 1. The Balaban J connectivity index is 1.13. The quantitative estimate of drug-likeness (QED) is 0.253. The number of hydrogen-bond donors (Lipinski definition) is 1. The molecular weight excluding hydrogens is 522 g/mol. The molecule has 0 bridgehead atoms. The third-order valence-electron chi connectivity index (χ3n) is 6.33. The van der Waals surface area contributed by atoms with E-state index < -0.39 is 0 Å². The summed E-state index contributed by atoms with van der Waals surface area (Å²) in [6.45, 7) is 7.54. The molecule has 6 rings (SSSR count). The zero-order chi connectivity index (χ0) is 25.9. The third-order valence-corrected chi connectivity index (χ3v) is 7.41. The molecule has 0 unspecified atom stereocenters. The standard InChI is InChI=1S/C29H26ClN3O4S/c1-19(31-12-21-4-8-25-27(10-21)36-17-34-25)24-16-38-29(32-24)15-33(13-20-2-6-23(30)7-3-20)14-22-5-9-26-28(11-22)37-18-35-26/h2-11,16,31H,1,12-15,17-18H2. The van der Waals surface area contributed by atoms with Gasteiger partial charge in [-0.15, -0.1) is 11.3 Å². The molecule has 0 radical (unpaired) electrons. The van der Waals surface area contributed by atoms with Crippen LogP contribution in [0.2, 0.25) is 5.02 Å². The first-order chi connectivity index (χ1) is 18.6. The van der Waals surface area contributed by atoms with Crippen molar-refractivity contribution in [1.82, 2.24) is 15.2 Å². The fourth-order valence-corrected chi connectivity index (χ4v) is 5.35. The molecule has 9 heteroatoms. The van der Waals surface area contributed by atoms with Crippen molar-refractivity contribution in [2.24, 2.45) is 0 Å². The lowest BCUT2D eigenvalue weighted by molar-refractivity contribution is 0.173. The Hall–Kier alpha value is -3.72. The average Bonchev–Trinajstić information content (AvgIpc) is 3.69. The molecule has 0 fully saturated rings. The summed E-state index contributed by atoms with van der Waals surface area (Å²) in [5, 5.41) is 7.17. The number of fused-ring (bicyclic) bond motifs is 2. The molecule has 1 N–H and O–H groups in total. The van der Waals surface area contributed by atoms with Crippen molar-refractivity contribution in [3.63, 3.8) is 0 Å². The van der Waals surface area contributed by atoms with Gasteiger partial charge in [0.2, 0.25) is 13.6 Å². The van der Waals surface area contributed by atoms with Crippen LogP contribution in [0.1, 0.15) is 27.4 Å². The van der Waals surface area contributed by atoms with E-state index in [1.54, 1.807) is 11.3 Å². The lowest BCUT2D eigenvalue weighted by Gasteiger charge is -2.22. The van der Waals surface area contributed by atoms with Gasteiger partial charge in [-0.3, -0.25) is 4.90 Å². The predicted molar refractivity (Wildman–Crippen MR) is 148 cm³/mol. The molecular formula is C29H26ClN3O4S. The van der Waals surface area contributed by atoms with Crippen LogP contribution in [0.3, 0.4) is 0 Å². The van der Waals surface area contributed by atoms with Crippen molar-refractivity contribution in [2.75, 3.05) is 13.6 Å². The number of thiazole rings is 1. The SMILES string of the molecule is C=C(NCc1ccc2c(c1)OCO2)c1csc(CN(Cc2ccc(Cl)cc2)Cc2ccc3c(c2)OCO3)n1. The van der Waals surface area contributed by atoms with E-state index >= 15 is 0 Å². The molecule has 2 aliphatic rings. The Labute approximate surface area is 230 Å². The van der Waals surface area contributed by atoms with Gasteiger partial charge in [-0.1, -0.05) is 42.4 Å². The molecule has 4 aromatic rings. The molecule has 3 heterocycles. The summed E-state index contributed by atoms with van der Waals surface area (Å²) in [7, 11) is 0. The third kappa shape index (κ3) is 5.72. The number of rotatable bonds is 10. The fraction of sp³-hybridized carbons (Fsp3) is 0.207. The highest BCUT2D eigenvalue weighted by Crippen LogP contribution is 2.34. The molecule has 0 aliphatic carbocycles. The summed E-state index contributed by atoms with van der Waals surface area (Å²) in [6.07, 6.45) is 0. The average molecular weight is 548 g/mol. The minimum Gasteiger partial charge on any atom is -0.454 e. The molecule has 194 valence electrons. The van der Waals surface area contributed by atoms with Crippen LogP contribution in [0.25, 0.3) is 5.70 Å². The summed E-state index contributed by atoms with van der Waals surface area (Å²) < 4.78 is 21.9. The maximum atomic E-state index is 6.11. The van der Waals surface area contributed by atoms with Crippen molar-refractivity contribution < 1.29 is 18.9 Å². The smallest absolute Gasteiger partial charge is 0.231 e. The van der Waals surface area contributed by atoms with Crippen LogP contribution in [0.15, 0.2) is 72.6 Å². The number of ether oxygens (including phenoxy) is 4. The van der Waals surface area contributed by atoms with E-state index in [2.05, 4.69) is 35.0 Å². The molecule has 3 aromatic carbocycles. The van der Waals surface area contributed by atoms with E-state index in [4.69, 9.17) is 35.5 Å². The van der Waals surface area contributed by atoms with Crippen molar-refractivity contribution in [2.45, 2.75) is 26.2 Å². The van der Waals surface area contributed by atoms with Gasteiger partial charge in [-0.05, 0) is 53.1 Å². The molecule has 0 atom stereocenters. The molecule has 0 amide bonds. The van der Waals surface area contributed by atoms with Crippen LogP contribution < -0.4 is 24.3 Å². The van der Waals surface area contributed by atoms with E-state index in [0.717, 1.165) is 68.6 Å². The van der Waals surface area contributed by atoms with E-state index in [1.807, 2.05) is 47.8 Å². The molecule has 38 heavy (non-hydrogen) atoms. The van der Waals surface area contributed by atoms with Gasteiger partial charge in [0.1, 0.15) is 5.01 Å². The van der Waals surface area contributed by atoms with E-state index in [1.165, 1.54) is 5.56 Å². The second-order valence-electron chi connectivity index (χ2n) is 9.11. The summed E-state index contributed by atoms with van der Waals surface area (Å²) in [6, 6.07) is 20.0. The van der Waals surface area contributed by atoms with Crippen molar-refractivity contribution in [3.05, 3.63) is 105 Å². The summed E-state index contributed by atoms with van der Waals surface area (Å²) in [5.41, 5.74) is 5.05. The van der Waals surface area contributed by atoms with Crippen LogP contribution in [-0.2, 0) is 26.2 Å². The van der Waals surface area contributed by atoms with E-state index in [0.29, 0.717) is 13.1 Å². The number of nitrogens with one attached hydrogen (secondary N) is 1. The molecule has 2 aliphatic heterocycles. The number of benzene rings is 3. The highest BCUT2D eigenvalue weighted by atomic mass is 35.5. The van der Waals surface area contributed by atoms with Crippen molar-refractivity contribution in [3.8, 4) is 23.0 Å². The number of aromatic nitrogens is 1. The summed E-state index contributed by atoms with van der Waals surface area (Å²) in [4.78, 5) is 7.23. The molecule has 7 nitrogen and oxygen atoms in total. The minimum atomic E-state index is 0.266. The van der Waals surface area contributed by atoms with Crippen LogP contribution >= 0.6 is 22.9 Å². The van der Waals surface area contributed by atoms with Gasteiger partial charge in [0.25, 0.3) is 0 Å². The minimum absolute atomic E-state index is 0.266. The second kappa shape index (κ2) is 10.9. The number of hydrogen-bond acceptors (Lipinski definition) is 8. The van der Waals surface area contributed by atoms with Gasteiger partial charge in [0.15, 0.2) is 23.0 Å². The van der Waals surface area contributed by atoms with Crippen molar-refractivity contribution >= 4 is 28.6 Å². The zero-order valence-corrected chi connectivity index (χ0v) is 22.2. The molecule has 1 aromatic heterocycles. The van der Waals surface area contributed by atoms with Crippen LogP contribution in [0, 0.1) is 0 Å². The largest absolute Gasteiger partial charge is 0.454 e. The Morgan fingerprint density at radius 1 is 0.816 bits per heavy atom. The fourth-order valence-electron chi connectivity index (χ4n) is 4.38. The van der Waals surface area contributed by atoms with Gasteiger partial charge in [-0.2, -0.15) is 0 Å². The molecule has 0 saturated heterocycles. The van der Waals surface area contributed by atoms with Crippen LogP contribution in [0.4, 0.5) is 0 Å². The highest BCUT2D eigenvalue weighted by Gasteiger charge is 2.17. The maximum Gasteiger partial charge on any atom is 0.231 e. The molecule has 0 spiro atoms. The molecule has 0 saturated carbocycles. The Morgan fingerprint density at radius 3 is 2.16 bits per heavy atom. The van der Waals surface area contributed by atoms with Gasteiger partial charge < -0.3 is 24.3 Å². The first kappa shape index (κ1) is 24.6. The van der Waals surface area contributed by atoms with E-state index in [9.17, 15) is 0 Å². The van der Waals surface area contributed by atoms with Gasteiger partial charge in [-0.25, -0.2) is 4.98 Å². The summed E-state index contributed by atoms with van der Waals surface area (Å²) >= 11 is 7.74. The Morgan fingerprint density at radius 2 is 1.42 bits per heavy atom. The van der Waals surface area contributed by atoms with Crippen LogP contribution in [-0.4, -0.2) is 23.5 Å². The highest BCUT2D eigenvalue weighted by molar-refractivity contribution is 7.09. The lowest BCUT2D eigenvalue weighted by Crippen LogP contribution is -2.22. The predicted octanol–water partition coefficient (Wildman–Crippen LogP) is 6.22. The maximum absolute atomic E-state index is 6.11. The van der Waals surface area contributed by atoms with Gasteiger partial charge in [0, 0.05) is 30.0 Å². The number of nitrogens with zero attached hydrogens (tertiary/aromatic N) is 2. The van der Waals surface area contributed by atoms with E-state index in [-0.39, 0.29) is 13.6 Å². The topological polar surface area (TPSA) is 65.1 Å². The van der Waals surface area contributed by atoms with Gasteiger partial charge >= 0.3 is 0 Å². The lowest BCUT2D eigenvalue weighted by atomic mass is 10.1. The van der Waals surface area contributed by atoms with Crippen LogP contribution in [0.5, 0.6) is 23.0 Å². The Kier molecular flexibility index (Phi) is 7.09. The first-order valence-corrected chi connectivity index (χ1v) is 13.5. The first-order valence-electron chi connectivity index (χ1n) is 12.2. The monoisotopic (exact) mass is 547 g/mol. The zero-order valence-electron chi connectivity index (χ0n) is 20.6. The Bertz CT molecular complexity index is 1460. The normalized spacial score (nSPS) is 13.2. The second-order valence-corrected chi connectivity index (χ2v) is 10.5. The summed E-state index contributed by atoms with van der Waals surface area (Å²) in [5.74, 6) is 3.12. The van der Waals surface area contributed by atoms with Gasteiger partial charge in [0.05, 0.1) is 17.9 Å². The van der Waals surface area contributed by atoms with Crippen molar-refractivity contribution in [1.29, 1.82) is 0 Å².